The van der Waals surface area contributed by atoms with Crippen molar-refractivity contribution in [1.82, 2.24) is 15.1 Å². The molecular formula is C18H26N4O2. The Morgan fingerprint density at radius 3 is 2.62 bits per heavy atom. The van der Waals surface area contributed by atoms with Crippen LogP contribution in [0.15, 0.2) is 30.5 Å². The van der Waals surface area contributed by atoms with E-state index in [1.54, 1.807) is 13.3 Å². The molecule has 6 nitrogen and oxygen atoms in total. The molecule has 0 spiro atoms. The third-order valence-electron chi connectivity index (χ3n) is 4.21. The summed E-state index contributed by atoms with van der Waals surface area (Å²) < 4.78 is 7.04. The smallest absolute Gasteiger partial charge is 0.319 e. The summed E-state index contributed by atoms with van der Waals surface area (Å²) in [7, 11) is 3.55. The lowest BCUT2D eigenvalue weighted by molar-refractivity contribution is 0.250. The Kier molecular flexibility index (Phi) is 5.84. The molecule has 0 radical (unpaired) electrons. The van der Waals surface area contributed by atoms with Crippen molar-refractivity contribution in [2.24, 2.45) is 13.0 Å². The molecule has 1 heterocycles. The number of aryl methyl sites for hydroxylation is 2. The number of aromatic nitrogens is 2. The minimum Gasteiger partial charge on any atom is -0.497 e. The molecule has 1 atom stereocenters. The van der Waals surface area contributed by atoms with E-state index in [0.717, 1.165) is 22.7 Å². The molecule has 1 aromatic carbocycles. The number of hydrogen-bond donors (Lipinski definition) is 2. The van der Waals surface area contributed by atoms with Gasteiger partial charge in [0.25, 0.3) is 0 Å². The monoisotopic (exact) mass is 330 g/mol. The topological polar surface area (TPSA) is 68.2 Å². The number of nitrogens with zero attached hydrogens (tertiary/aromatic N) is 2. The van der Waals surface area contributed by atoms with E-state index < -0.39 is 0 Å². The number of nitrogens with one attached hydrogen (secondary N) is 2. The average Bonchev–Trinajstić information content (AvgIpc) is 2.95. The highest BCUT2D eigenvalue weighted by Gasteiger charge is 2.19. The fourth-order valence-electron chi connectivity index (χ4n) is 2.70. The molecule has 2 aromatic rings. The van der Waals surface area contributed by atoms with Crippen molar-refractivity contribution in [2.45, 2.75) is 26.7 Å². The fourth-order valence-corrected chi connectivity index (χ4v) is 2.70. The zero-order valence-corrected chi connectivity index (χ0v) is 15.0. The van der Waals surface area contributed by atoms with Gasteiger partial charge in [-0.1, -0.05) is 13.8 Å². The summed E-state index contributed by atoms with van der Waals surface area (Å²) in [5, 5.41) is 10.1. The van der Waals surface area contributed by atoms with Crippen LogP contribution in [0, 0.1) is 12.8 Å². The van der Waals surface area contributed by atoms with E-state index in [1.807, 2.05) is 42.9 Å². The SMILES string of the molecule is COc1ccc(NC(=O)NCC(c2ccnn2C)C(C)C)c(C)c1. The van der Waals surface area contributed by atoms with Crippen LogP contribution in [0.25, 0.3) is 0 Å². The van der Waals surface area contributed by atoms with Crippen molar-refractivity contribution >= 4 is 11.7 Å². The number of carbonyl (C=O) groups is 1. The van der Waals surface area contributed by atoms with Crippen LogP contribution >= 0.6 is 0 Å². The van der Waals surface area contributed by atoms with Gasteiger partial charge in [-0.15, -0.1) is 0 Å². The first-order valence-corrected chi connectivity index (χ1v) is 8.09. The summed E-state index contributed by atoms with van der Waals surface area (Å²) in [6.07, 6.45) is 1.78. The normalized spacial score (nSPS) is 12.1. The Bertz CT molecular complexity index is 694. The molecule has 0 saturated carbocycles. The molecule has 0 aliphatic carbocycles. The van der Waals surface area contributed by atoms with Crippen molar-refractivity contribution < 1.29 is 9.53 Å². The van der Waals surface area contributed by atoms with Gasteiger partial charge in [-0.05, 0) is 42.7 Å². The number of carbonyl (C=O) groups excluding carboxylic acids is 1. The van der Waals surface area contributed by atoms with Gasteiger partial charge in [0.2, 0.25) is 0 Å². The average molecular weight is 330 g/mol. The highest BCUT2D eigenvalue weighted by molar-refractivity contribution is 5.90. The van der Waals surface area contributed by atoms with Gasteiger partial charge in [0.05, 0.1) is 7.11 Å². The predicted molar refractivity (Wildman–Crippen MR) is 95.5 cm³/mol. The number of ether oxygens (including phenoxy) is 1. The molecular weight excluding hydrogens is 304 g/mol. The molecule has 2 rings (SSSR count). The highest BCUT2D eigenvalue weighted by atomic mass is 16.5. The van der Waals surface area contributed by atoms with Crippen LogP contribution in [0.5, 0.6) is 5.75 Å². The summed E-state index contributed by atoms with van der Waals surface area (Å²) in [6, 6.07) is 7.35. The van der Waals surface area contributed by atoms with Crippen LogP contribution in [0.2, 0.25) is 0 Å². The Balaban J connectivity index is 1.98. The number of anilines is 1. The zero-order valence-electron chi connectivity index (χ0n) is 15.0. The largest absolute Gasteiger partial charge is 0.497 e. The van der Waals surface area contributed by atoms with E-state index in [9.17, 15) is 4.79 Å². The van der Waals surface area contributed by atoms with Crippen molar-refractivity contribution in [3.63, 3.8) is 0 Å². The molecule has 2 N–H and O–H groups in total. The standard InChI is InChI=1S/C18H26N4O2/c1-12(2)15(17-8-9-20-22(17)4)11-19-18(23)21-16-7-6-14(24-5)10-13(16)3/h6-10,12,15H,11H2,1-5H3,(H2,19,21,23). The van der Waals surface area contributed by atoms with E-state index in [-0.39, 0.29) is 11.9 Å². The van der Waals surface area contributed by atoms with Gasteiger partial charge in [-0.2, -0.15) is 5.10 Å². The zero-order chi connectivity index (χ0) is 17.7. The molecule has 130 valence electrons. The molecule has 0 fully saturated rings. The van der Waals surface area contributed by atoms with Gasteiger partial charge < -0.3 is 15.4 Å². The minimum atomic E-state index is -0.212. The maximum atomic E-state index is 12.2. The molecule has 0 bridgehead atoms. The Hall–Kier alpha value is -2.50. The second-order valence-corrected chi connectivity index (χ2v) is 6.25. The molecule has 0 aliphatic rings. The molecule has 24 heavy (non-hydrogen) atoms. The van der Waals surface area contributed by atoms with Crippen LogP contribution in [0.4, 0.5) is 10.5 Å². The third-order valence-corrected chi connectivity index (χ3v) is 4.21. The third kappa shape index (κ3) is 4.28. The molecule has 1 unspecified atom stereocenters. The first-order chi connectivity index (χ1) is 11.4. The van der Waals surface area contributed by atoms with Gasteiger partial charge >= 0.3 is 6.03 Å². The van der Waals surface area contributed by atoms with Crippen LogP contribution in [0.1, 0.15) is 31.0 Å². The Labute approximate surface area is 143 Å². The van der Waals surface area contributed by atoms with Crippen LogP contribution < -0.4 is 15.4 Å². The highest BCUT2D eigenvalue weighted by Crippen LogP contribution is 2.23. The first-order valence-electron chi connectivity index (χ1n) is 8.09. The number of urea groups is 1. The maximum absolute atomic E-state index is 12.2. The summed E-state index contributed by atoms with van der Waals surface area (Å²) in [6.45, 7) is 6.78. The van der Waals surface area contributed by atoms with Crippen LogP contribution in [-0.4, -0.2) is 29.5 Å². The number of amides is 2. The number of rotatable bonds is 6. The van der Waals surface area contributed by atoms with E-state index in [4.69, 9.17) is 4.74 Å². The second kappa shape index (κ2) is 7.86. The molecule has 0 aliphatic heterocycles. The van der Waals surface area contributed by atoms with Crippen molar-refractivity contribution in [2.75, 3.05) is 19.0 Å². The number of hydrogen-bond acceptors (Lipinski definition) is 3. The molecule has 2 amide bonds. The van der Waals surface area contributed by atoms with Crippen molar-refractivity contribution in [1.29, 1.82) is 0 Å². The fraction of sp³-hybridized carbons (Fsp3) is 0.444. The summed E-state index contributed by atoms with van der Waals surface area (Å²) in [5.74, 6) is 1.37. The van der Waals surface area contributed by atoms with Crippen LogP contribution in [-0.2, 0) is 7.05 Å². The molecule has 0 saturated heterocycles. The Morgan fingerprint density at radius 1 is 1.33 bits per heavy atom. The van der Waals surface area contributed by atoms with E-state index in [1.165, 1.54) is 0 Å². The lowest BCUT2D eigenvalue weighted by atomic mass is 9.92. The summed E-state index contributed by atoms with van der Waals surface area (Å²) in [5.41, 5.74) is 2.84. The van der Waals surface area contributed by atoms with Gasteiger partial charge in [0.1, 0.15) is 5.75 Å². The van der Waals surface area contributed by atoms with E-state index >= 15 is 0 Å². The minimum absolute atomic E-state index is 0.209. The molecule has 6 heteroatoms. The van der Waals surface area contributed by atoms with Gasteiger partial charge in [0, 0.05) is 37.1 Å². The van der Waals surface area contributed by atoms with Crippen molar-refractivity contribution in [3.8, 4) is 5.75 Å². The van der Waals surface area contributed by atoms with Gasteiger partial charge in [-0.25, -0.2) is 4.79 Å². The molecule has 1 aromatic heterocycles. The van der Waals surface area contributed by atoms with Gasteiger partial charge in [-0.3, -0.25) is 4.68 Å². The lowest BCUT2D eigenvalue weighted by Crippen LogP contribution is -2.34. The first kappa shape index (κ1) is 17.8. The predicted octanol–water partition coefficient (Wildman–Crippen LogP) is 3.30. The van der Waals surface area contributed by atoms with Crippen LogP contribution in [0.3, 0.4) is 0 Å². The van der Waals surface area contributed by atoms with Crippen molar-refractivity contribution in [3.05, 3.63) is 41.7 Å². The quantitative estimate of drug-likeness (QED) is 0.854. The summed E-state index contributed by atoms with van der Waals surface area (Å²) >= 11 is 0. The van der Waals surface area contributed by atoms with E-state index in [2.05, 4.69) is 29.6 Å². The maximum Gasteiger partial charge on any atom is 0.319 e. The summed E-state index contributed by atoms with van der Waals surface area (Å²) in [4.78, 5) is 12.2. The number of methoxy groups -OCH3 is 1. The van der Waals surface area contributed by atoms with E-state index in [0.29, 0.717) is 12.5 Å². The lowest BCUT2D eigenvalue weighted by Gasteiger charge is -2.22. The van der Waals surface area contributed by atoms with Gasteiger partial charge in [0.15, 0.2) is 0 Å². The number of benzene rings is 1. The Morgan fingerprint density at radius 2 is 2.08 bits per heavy atom. The second-order valence-electron chi connectivity index (χ2n) is 6.25.